The summed E-state index contributed by atoms with van der Waals surface area (Å²) >= 11 is 0. The van der Waals surface area contributed by atoms with E-state index in [1.165, 1.54) is 14.2 Å². The Labute approximate surface area is 135 Å². The monoisotopic (exact) mass is 316 g/mol. The van der Waals surface area contributed by atoms with Gasteiger partial charge in [0.2, 0.25) is 0 Å². The summed E-state index contributed by atoms with van der Waals surface area (Å²) in [7, 11) is 3.02. The number of phenolic OH excluding ortho intramolecular Hbond substituents is 2. The maximum atomic E-state index is 9.53. The van der Waals surface area contributed by atoms with E-state index in [0.29, 0.717) is 24.7 Å². The van der Waals surface area contributed by atoms with Crippen LogP contribution in [0.25, 0.3) is 6.08 Å². The van der Waals surface area contributed by atoms with Gasteiger partial charge >= 0.3 is 0 Å². The normalized spacial score (nSPS) is 10.9. The van der Waals surface area contributed by atoms with Crippen molar-refractivity contribution in [1.29, 1.82) is 0 Å². The minimum absolute atomic E-state index is 0.109. The Morgan fingerprint density at radius 3 is 2.26 bits per heavy atom. The molecule has 0 aliphatic rings. The number of hydrogen-bond acceptors (Lipinski definition) is 5. The average Bonchev–Trinajstić information content (AvgIpc) is 2.57. The third kappa shape index (κ3) is 4.66. The minimum Gasteiger partial charge on any atom is -0.504 e. The highest BCUT2D eigenvalue weighted by Gasteiger charge is 2.02. The van der Waals surface area contributed by atoms with E-state index in [1.54, 1.807) is 36.4 Å². The van der Waals surface area contributed by atoms with Crippen LogP contribution in [0.2, 0.25) is 0 Å². The zero-order chi connectivity index (χ0) is 16.7. The molecular formula is C18H20O5. The van der Waals surface area contributed by atoms with Crippen LogP contribution >= 0.6 is 0 Å². The van der Waals surface area contributed by atoms with E-state index in [-0.39, 0.29) is 11.5 Å². The van der Waals surface area contributed by atoms with Gasteiger partial charge < -0.3 is 24.4 Å². The predicted molar refractivity (Wildman–Crippen MR) is 88.0 cm³/mol. The Morgan fingerprint density at radius 2 is 1.57 bits per heavy atom. The van der Waals surface area contributed by atoms with Gasteiger partial charge in [0.05, 0.1) is 27.4 Å². The van der Waals surface area contributed by atoms with Crippen LogP contribution in [0.1, 0.15) is 11.1 Å². The zero-order valence-corrected chi connectivity index (χ0v) is 13.2. The SMILES string of the molecule is COc1cc(/C=C/COCc2ccc(O)c(OC)c2)ccc1O. The molecule has 0 bridgehead atoms. The van der Waals surface area contributed by atoms with E-state index < -0.39 is 0 Å². The standard InChI is InChI=1S/C18H20O5/c1-21-17-10-13(5-7-15(17)19)4-3-9-23-12-14-6-8-16(20)18(11-14)22-2/h3-8,10-11,19-20H,9,12H2,1-2H3/b4-3+. The lowest BCUT2D eigenvalue weighted by Crippen LogP contribution is -1.94. The molecule has 2 aromatic rings. The van der Waals surface area contributed by atoms with Crippen molar-refractivity contribution < 1.29 is 24.4 Å². The fourth-order valence-electron chi connectivity index (χ4n) is 2.04. The first-order valence-corrected chi connectivity index (χ1v) is 7.11. The molecule has 0 aliphatic heterocycles. The number of phenols is 2. The van der Waals surface area contributed by atoms with Crippen molar-refractivity contribution in [2.45, 2.75) is 6.61 Å². The summed E-state index contributed by atoms with van der Waals surface area (Å²) in [5.74, 6) is 1.08. The maximum absolute atomic E-state index is 9.53. The number of aromatic hydroxyl groups is 2. The molecule has 122 valence electrons. The van der Waals surface area contributed by atoms with Crippen molar-refractivity contribution in [3.63, 3.8) is 0 Å². The molecule has 0 radical (unpaired) electrons. The molecule has 0 atom stereocenters. The summed E-state index contributed by atoms with van der Waals surface area (Å²) in [4.78, 5) is 0. The van der Waals surface area contributed by atoms with Crippen molar-refractivity contribution in [1.82, 2.24) is 0 Å². The highest BCUT2D eigenvalue weighted by atomic mass is 16.5. The number of benzene rings is 2. The van der Waals surface area contributed by atoms with E-state index >= 15 is 0 Å². The molecule has 23 heavy (non-hydrogen) atoms. The molecule has 2 N–H and O–H groups in total. The summed E-state index contributed by atoms with van der Waals surface area (Å²) in [6.07, 6.45) is 3.77. The van der Waals surface area contributed by atoms with Gasteiger partial charge in [-0.2, -0.15) is 0 Å². The van der Waals surface area contributed by atoms with Crippen LogP contribution in [0.5, 0.6) is 23.0 Å². The van der Waals surface area contributed by atoms with Crippen molar-refractivity contribution in [3.05, 3.63) is 53.6 Å². The Morgan fingerprint density at radius 1 is 0.913 bits per heavy atom. The molecule has 5 heteroatoms. The fraction of sp³-hybridized carbons (Fsp3) is 0.222. The average molecular weight is 316 g/mol. The molecule has 0 unspecified atom stereocenters. The zero-order valence-electron chi connectivity index (χ0n) is 13.2. The summed E-state index contributed by atoms with van der Waals surface area (Å²) in [5.41, 5.74) is 1.83. The number of hydrogen-bond donors (Lipinski definition) is 2. The second kappa shape index (κ2) is 8.10. The quantitative estimate of drug-likeness (QED) is 0.767. The van der Waals surface area contributed by atoms with Gasteiger partial charge in [-0.3, -0.25) is 0 Å². The highest BCUT2D eigenvalue weighted by Crippen LogP contribution is 2.27. The fourth-order valence-corrected chi connectivity index (χ4v) is 2.04. The van der Waals surface area contributed by atoms with Gasteiger partial charge in [-0.25, -0.2) is 0 Å². The van der Waals surface area contributed by atoms with E-state index in [2.05, 4.69) is 0 Å². The Bertz CT molecular complexity index is 679. The molecule has 0 aromatic heterocycles. The topological polar surface area (TPSA) is 68.2 Å². The summed E-state index contributed by atoms with van der Waals surface area (Å²) < 4.78 is 15.7. The Kier molecular flexibility index (Phi) is 5.88. The van der Waals surface area contributed by atoms with E-state index in [9.17, 15) is 10.2 Å². The van der Waals surface area contributed by atoms with Crippen molar-refractivity contribution >= 4 is 6.08 Å². The van der Waals surface area contributed by atoms with Gasteiger partial charge in [0.15, 0.2) is 23.0 Å². The molecule has 2 rings (SSSR count). The summed E-state index contributed by atoms with van der Waals surface area (Å²) in [6, 6.07) is 10.2. The van der Waals surface area contributed by atoms with Crippen LogP contribution in [-0.2, 0) is 11.3 Å². The largest absolute Gasteiger partial charge is 0.504 e. The van der Waals surface area contributed by atoms with Gasteiger partial charge in [0, 0.05) is 0 Å². The number of rotatable bonds is 7. The summed E-state index contributed by atoms with van der Waals surface area (Å²) in [5, 5.41) is 19.1. The molecule has 0 heterocycles. The second-order valence-corrected chi connectivity index (χ2v) is 4.85. The molecule has 0 aliphatic carbocycles. The molecular weight excluding hydrogens is 296 g/mol. The molecule has 0 saturated carbocycles. The van der Waals surface area contributed by atoms with Crippen LogP contribution in [0.15, 0.2) is 42.5 Å². The van der Waals surface area contributed by atoms with E-state index in [4.69, 9.17) is 14.2 Å². The van der Waals surface area contributed by atoms with E-state index in [1.807, 2.05) is 12.2 Å². The lowest BCUT2D eigenvalue weighted by molar-refractivity contribution is 0.149. The summed E-state index contributed by atoms with van der Waals surface area (Å²) in [6.45, 7) is 0.853. The molecule has 5 nitrogen and oxygen atoms in total. The number of ether oxygens (including phenoxy) is 3. The first-order chi connectivity index (χ1) is 11.1. The lowest BCUT2D eigenvalue weighted by Gasteiger charge is -2.06. The van der Waals surface area contributed by atoms with Crippen molar-refractivity contribution in [2.75, 3.05) is 20.8 Å². The Hall–Kier alpha value is -2.66. The predicted octanol–water partition coefficient (Wildman–Crippen LogP) is 3.35. The maximum Gasteiger partial charge on any atom is 0.161 e. The molecule has 0 fully saturated rings. The smallest absolute Gasteiger partial charge is 0.161 e. The van der Waals surface area contributed by atoms with Gasteiger partial charge in [0.1, 0.15) is 0 Å². The van der Waals surface area contributed by atoms with Crippen LogP contribution in [-0.4, -0.2) is 31.0 Å². The number of methoxy groups -OCH3 is 2. The molecule has 0 saturated heterocycles. The lowest BCUT2D eigenvalue weighted by atomic mass is 10.2. The highest BCUT2D eigenvalue weighted by molar-refractivity contribution is 5.55. The second-order valence-electron chi connectivity index (χ2n) is 4.85. The van der Waals surface area contributed by atoms with Crippen LogP contribution in [0, 0.1) is 0 Å². The van der Waals surface area contributed by atoms with Crippen LogP contribution in [0.3, 0.4) is 0 Å². The molecule has 2 aromatic carbocycles. The first-order valence-electron chi connectivity index (χ1n) is 7.11. The molecule has 0 amide bonds. The third-order valence-corrected chi connectivity index (χ3v) is 3.24. The van der Waals surface area contributed by atoms with Crippen LogP contribution < -0.4 is 9.47 Å². The van der Waals surface area contributed by atoms with Crippen molar-refractivity contribution in [3.8, 4) is 23.0 Å². The minimum atomic E-state index is 0.109. The Balaban J connectivity index is 1.85. The van der Waals surface area contributed by atoms with Gasteiger partial charge in [-0.1, -0.05) is 24.3 Å². The van der Waals surface area contributed by atoms with Gasteiger partial charge in [0.25, 0.3) is 0 Å². The first kappa shape index (κ1) is 16.7. The van der Waals surface area contributed by atoms with Crippen molar-refractivity contribution in [2.24, 2.45) is 0 Å². The van der Waals surface area contributed by atoms with Crippen LogP contribution in [0.4, 0.5) is 0 Å². The van der Waals surface area contributed by atoms with Gasteiger partial charge in [-0.05, 0) is 35.4 Å². The van der Waals surface area contributed by atoms with E-state index in [0.717, 1.165) is 11.1 Å². The van der Waals surface area contributed by atoms with Gasteiger partial charge in [-0.15, -0.1) is 0 Å². The third-order valence-electron chi connectivity index (χ3n) is 3.24. The molecule has 0 spiro atoms.